The smallest absolute Gasteiger partial charge is 0.325 e. The molecule has 1 aromatic heterocycles. The van der Waals surface area contributed by atoms with Gasteiger partial charge < -0.3 is 15.0 Å². The number of rotatable bonds is 14. The maximum atomic E-state index is 12.9. The molecule has 0 saturated carbocycles. The number of aromatic nitrogens is 1. The van der Waals surface area contributed by atoms with E-state index >= 15 is 0 Å². The molecule has 212 valence electrons. The molecule has 39 heavy (non-hydrogen) atoms. The molecule has 2 aromatic rings. The number of amides is 3. The van der Waals surface area contributed by atoms with Crippen LogP contribution in [0.3, 0.4) is 0 Å². The summed E-state index contributed by atoms with van der Waals surface area (Å²) in [4.78, 5) is 54.6. The summed E-state index contributed by atoms with van der Waals surface area (Å²) in [6, 6.07) is 7.87. The Bertz CT molecular complexity index is 1240. The Hall–Kier alpha value is -3.80. The number of unbranched alkanes of at least 4 members (excludes halogenated alkanes) is 2. The Morgan fingerprint density at radius 3 is 2.00 bits per heavy atom. The van der Waals surface area contributed by atoms with E-state index in [0.717, 1.165) is 31.9 Å². The molecule has 0 fully saturated rings. The normalized spacial score (nSPS) is 11.1. The standard InChI is InChI=1S/C27H36N4O7S/c1-5-7-15-31(16-8-6-2)27(35)20-9-12-22(13-10-20)39(36,37)30-25(33)21-11-14-23(28-17-21)26(34)29-18-24(32)38-19(3)4/h9-14,17,19H,5-8,15-16,18H2,1-4H3,(H,29,34)(H,30,33). The summed E-state index contributed by atoms with van der Waals surface area (Å²) in [5.74, 6) is -2.38. The number of hydrogen-bond donors (Lipinski definition) is 2. The number of pyridine rings is 1. The number of nitrogens with zero attached hydrogens (tertiary/aromatic N) is 2. The number of benzene rings is 1. The quantitative estimate of drug-likeness (QED) is 0.335. The molecule has 1 heterocycles. The Labute approximate surface area is 229 Å². The van der Waals surface area contributed by atoms with Crippen LogP contribution >= 0.6 is 0 Å². The van der Waals surface area contributed by atoms with Crippen molar-refractivity contribution in [3.8, 4) is 0 Å². The zero-order valence-corrected chi connectivity index (χ0v) is 23.5. The Kier molecular flexibility index (Phi) is 12.1. The van der Waals surface area contributed by atoms with E-state index in [4.69, 9.17) is 4.74 Å². The zero-order valence-electron chi connectivity index (χ0n) is 22.7. The number of hydrogen-bond acceptors (Lipinski definition) is 8. The van der Waals surface area contributed by atoms with Crippen LogP contribution in [0.5, 0.6) is 0 Å². The predicted molar refractivity (Wildman–Crippen MR) is 145 cm³/mol. The highest BCUT2D eigenvalue weighted by atomic mass is 32.2. The van der Waals surface area contributed by atoms with Gasteiger partial charge in [0, 0.05) is 24.8 Å². The lowest BCUT2D eigenvalue weighted by Crippen LogP contribution is -2.33. The van der Waals surface area contributed by atoms with Crippen LogP contribution in [0.1, 0.15) is 84.6 Å². The minimum absolute atomic E-state index is 0.0704. The summed E-state index contributed by atoms with van der Waals surface area (Å²) < 4.78 is 32.4. The molecule has 0 bridgehead atoms. The lowest BCUT2D eigenvalue weighted by Gasteiger charge is -2.22. The van der Waals surface area contributed by atoms with E-state index in [-0.39, 0.29) is 34.7 Å². The molecule has 12 heteroatoms. The lowest BCUT2D eigenvalue weighted by molar-refractivity contribution is -0.146. The van der Waals surface area contributed by atoms with E-state index in [9.17, 15) is 27.6 Å². The van der Waals surface area contributed by atoms with Gasteiger partial charge in [-0.2, -0.15) is 0 Å². The van der Waals surface area contributed by atoms with Gasteiger partial charge in [-0.25, -0.2) is 13.1 Å². The van der Waals surface area contributed by atoms with Gasteiger partial charge in [0.1, 0.15) is 12.2 Å². The van der Waals surface area contributed by atoms with Gasteiger partial charge >= 0.3 is 5.97 Å². The number of esters is 1. The molecule has 0 aliphatic heterocycles. The van der Waals surface area contributed by atoms with E-state index in [1.54, 1.807) is 18.7 Å². The molecule has 0 aliphatic rings. The third-order valence-corrected chi connectivity index (χ3v) is 6.85. The summed E-state index contributed by atoms with van der Waals surface area (Å²) in [7, 11) is -4.24. The zero-order chi connectivity index (χ0) is 29.0. The van der Waals surface area contributed by atoms with Gasteiger partial charge in [0.15, 0.2) is 0 Å². The number of carbonyl (C=O) groups excluding carboxylic acids is 4. The minimum Gasteiger partial charge on any atom is -0.462 e. The molecule has 0 spiro atoms. The fraction of sp³-hybridized carbons (Fsp3) is 0.444. The number of carbonyl (C=O) groups is 4. The van der Waals surface area contributed by atoms with Gasteiger partial charge in [0.05, 0.1) is 16.6 Å². The van der Waals surface area contributed by atoms with E-state index < -0.39 is 27.8 Å². The second kappa shape index (κ2) is 15.0. The first-order valence-corrected chi connectivity index (χ1v) is 14.4. The summed E-state index contributed by atoms with van der Waals surface area (Å²) in [6.45, 7) is 8.37. The van der Waals surface area contributed by atoms with Crippen molar-refractivity contribution in [1.29, 1.82) is 0 Å². The fourth-order valence-corrected chi connectivity index (χ4v) is 4.40. The molecule has 11 nitrogen and oxygen atoms in total. The van der Waals surface area contributed by atoms with Crippen molar-refractivity contribution in [3.63, 3.8) is 0 Å². The molecule has 2 N–H and O–H groups in total. The van der Waals surface area contributed by atoms with Crippen LogP contribution in [0.15, 0.2) is 47.5 Å². The second-order valence-electron chi connectivity index (χ2n) is 9.11. The molecular weight excluding hydrogens is 524 g/mol. The maximum Gasteiger partial charge on any atom is 0.325 e. The fourth-order valence-electron chi connectivity index (χ4n) is 3.42. The molecule has 1 aromatic carbocycles. The van der Waals surface area contributed by atoms with Crippen LogP contribution in [0.25, 0.3) is 0 Å². The SMILES string of the molecule is CCCCN(CCCC)C(=O)c1ccc(S(=O)(=O)NC(=O)c2ccc(C(=O)NCC(=O)OC(C)C)nc2)cc1. The topological polar surface area (TPSA) is 152 Å². The van der Waals surface area contributed by atoms with Gasteiger partial charge in [-0.15, -0.1) is 0 Å². The number of sulfonamides is 1. The van der Waals surface area contributed by atoms with Crippen LogP contribution in [0.4, 0.5) is 0 Å². The Morgan fingerprint density at radius 1 is 0.897 bits per heavy atom. The first-order valence-electron chi connectivity index (χ1n) is 12.9. The maximum absolute atomic E-state index is 12.9. The van der Waals surface area contributed by atoms with Crippen LogP contribution < -0.4 is 10.0 Å². The molecule has 0 saturated heterocycles. The summed E-state index contributed by atoms with van der Waals surface area (Å²) in [6.07, 6.45) is 4.39. The highest BCUT2D eigenvalue weighted by Gasteiger charge is 2.21. The van der Waals surface area contributed by atoms with E-state index in [1.165, 1.54) is 36.4 Å². The van der Waals surface area contributed by atoms with E-state index in [0.29, 0.717) is 18.7 Å². The third kappa shape index (κ3) is 9.78. The van der Waals surface area contributed by atoms with Crippen molar-refractivity contribution < 1.29 is 32.3 Å². The first kappa shape index (κ1) is 31.4. The average molecular weight is 561 g/mol. The molecular formula is C27H36N4O7S. The van der Waals surface area contributed by atoms with Crippen molar-refractivity contribution in [1.82, 2.24) is 19.9 Å². The van der Waals surface area contributed by atoms with Crippen molar-refractivity contribution in [2.24, 2.45) is 0 Å². The summed E-state index contributed by atoms with van der Waals surface area (Å²) in [5.41, 5.74) is 0.200. The summed E-state index contributed by atoms with van der Waals surface area (Å²) in [5, 5.41) is 2.35. The van der Waals surface area contributed by atoms with Gasteiger partial charge in [-0.1, -0.05) is 26.7 Å². The van der Waals surface area contributed by atoms with Crippen molar-refractivity contribution in [3.05, 3.63) is 59.4 Å². The van der Waals surface area contributed by atoms with Crippen molar-refractivity contribution in [2.75, 3.05) is 19.6 Å². The Balaban J connectivity index is 2.03. The van der Waals surface area contributed by atoms with E-state index in [2.05, 4.69) is 10.3 Å². The number of nitrogens with one attached hydrogen (secondary N) is 2. The van der Waals surface area contributed by atoms with Gasteiger partial charge in [-0.05, 0) is 63.1 Å². The molecule has 0 aliphatic carbocycles. The van der Waals surface area contributed by atoms with Crippen LogP contribution in [0, 0.1) is 0 Å². The summed E-state index contributed by atoms with van der Waals surface area (Å²) >= 11 is 0. The van der Waals surface area contributed by atoms with Gasteiger partial charge in [0.25, 0.3) is 27.7 Å². The highest BCUT2D eigenvalue weighted by molar-refractivity contribution is 7.90. The van der Waals surface area contributed by atoms with Crippen molar-refractivity contribution in [2.45, 2.75) is 64.4 Å². The number of ether oxygens (including phenoxy) is 1. The second-order valence-corrected chi connectivity index (χ2v) is 10.8. The molecule has 3 amide bonds. The minimum atomic E-state index is -4.24. The Morgan fingerprint density at radius 2 is 1.49 bits per heavy atom. The van der Waals surface area contributed by atoms with E-state index in [1.807, 2.05) is 18.6 Å². The van der Waals surface area contributed by atoms with Crippen LogP contribution in [-0.2, 0) is 19.6 Å². The molecule has 0 radical (unpaired) electrons. The molecule has 2 rings (SSSR count). The molecule has 0 atom stereocenters. The third-order valence-electron chi connectivity index (χ3n) is 5.51. The monoisotopic (exact) mass is 560 g/mol. The lowest BCUT2D eigenvalue weighted by atomic mass is 10.1. The van der Waals surface area contributed by atoms with Crippen LogP contribution in [0.2, 0.25) is 0 Å². The average Bonchev–Trinajstić information content (AvgIpc) is 2.91. The van der Waals surface area contributed by atoms with Gasteiger partial charge in [0.2, 0.25) is 0 Å². The largest absolute Gasteiger partial charge is 0.462 e. The van der Waals surface area contributed by atoms with Crippen LogP contribution in [-0.4, -0.2) is 67.7 Å². The van der Waals surface area contributed by atoms with Gasteiger partial charge in [-0.3, -0.25) is 24.2 Å². The predicted octanol–water partition coefficient (Wildman–Crippen LogP) is 2.92. The first-order chi connectivity index (χ1) is 18.5. The highest BCUT2D eigenvalue weighted by Crippen LogP contribution is 2.14. The molecule has 0 unspecified atom stereocenters. The van der Waals surface area contributed by atoms with Crippen molar-refractivity contribution >= 4 is 33.7 Å².